The number of aromatic nitrogens is 1. The smallest absolute Gasteiger partial charge is 0.255 e. The van der Waals surface area contributed by atoms with E-state index in [1.807, 2.05) is 4.90 Å². The molecule has 1 saturated carbocycles. The summed E-state index contributed by atoms with van der Waals surface area (Å²) in [6.07, 6.45) is 6.19. The van der Waals surface area contributed by atoms with Gasteiger partial charge in [0.25, 0.3) is 5.91 Å². The number of hydrogen-bond donors (Lipinski definition) is 1. The molecule has 0 atom stereocenters. The number of carbonyl (C=O) groups excluding carboxylic acids is 1. The normalized spacial score (nSPS) is 23.0. The monoisotopic (exact) mass is 415 g/mol. The highest BCUT2D eigenvalue weighted by Crippen LogP contribution is 2.52. The van der Waals surface area contributed by atoms with Crippen LogP contribution >= 0.6 is 11.6 Å². The summed E-state index contributed by atoms with van der Waals surface area (Å²) in [5, 5.41) is 3.40. The fraction of sp³-hybridized carbons (Fsp3) is 0.455. The molecule has 1 N–H and O–H groups in total. The van der Waals surface area contributed by atoms with Crippen molar-refractivity contribution in [3.8, 4) is 0 Å². The van der Waals surface area contributed by atoms with Crippen molar-refractivity contribution in [1.82, 2.24) is 9.88 Å². The highest BCUT2D eigenvalue weighted by molar-refractivity contribution is 6.31. The Morgan fingerprint density at radius 2 is 1.83 bits per heavy atom. The van der Waals surface area contributed by atoms with E-state index in [1.54, 1.807) is 18.3 Å². The molecule has 0 radical (unpaired) electrons. The maximum absolute atomic E-state index is 13.5. The molecular formula is C22H23ClFN3O2. The predicted molar refractivity (Wildman–Crippen MR) is 110 cm³/mol. The lowest BCUT2D eigenvalue weighted by atomic mass is 9.66. The van der Waals surface area contributed by atoms with Gasteiger partial charge in [-0.1, -0.05) is 11.6 Å². The number of amides is 1. The van der Waals surface area contributed by atoms with Crippen LogP contribution in [0.2, 0.25) is 5.02 Å². The van der Waals surface area contributed by atoms with E-state index >= 15 is 0 Å². The highest BCUT2D eigenvalue weighted by Gasteiger charge is 2.39. The Morgan fingerprint density at radius 1 is 1.14 bits per heavy atom. The summed E-state index contributed by atoms with van der Waals surface area (Å²) >= 11 is 5.94. The van der Waals surface area contributed by atoms with E-state index in [1.165, 1.54) is 6.07 Å². The SMILES string of the molecule is O=C(c1cnc(Nc2ccc(F)c(Cl)c2)c2c1C1CCC2CC1)N1CCOCC1. The van der Waals surface area contributed by atoms with E-state index < -0.39 is 5.82 Å². The van der Waals surface area contributed by atoms with Crippen LogP contribution in [0.3, 0.4) is 0 Å². The summed E-state index contributed by atoms with van der Waals surface area (Å²) in [5.74, 6) is 1.17. The van der Waals surface area contributed by atoms with Crippen LogP contribution in [0.4, 0.5) is 15.9 Å². The van der Waals surface area contributed by atoms with Crippen molar-refractivity contribution in [3.05, 3.63) is 51.9 Å². The Kier molecular flexibility index (Phi) is 4.92. The van der Waals surface area contributed by atoms with Crippen LogP contribution in [0.5, 0.6) is 0 Å². The number of rotatable bonds is 3. The Bertz CT molecular complexity index is 953. The molecule has 1 aromatic carbocycles. The van der Waals surface area contributed by atoms with Crippen LogP contribution in [0.15, 0.2) is 24.4 Å². The Morgan fingerprint density at radius 3 is 2.52 bits per heavy atom. The number of nitrogens with one attached hydrogen (secondary N) is 1. The van der Waals surface area contributed by atoms with Crippen molar-refractivity contribution in [1.29, 1.82) is 0 Å². The van der Waals surface area contributed by atoms with Crippen LogP contribution in [-0.4, -0.2) is 42.1 Å². The third-order valence-electron chi connectivity index (χ3n) is 6.41. The minimum atomic E-state index is -0.447. The minimum absolute atomic E-state index is 0.0565. The summed E-state index contributed by atoms with van der Waals surface area (Å²) in [7, 11) is 0. The first kappa shape index (κ1) is 18.8. The highest BCUT2D eigenvalue weighted by atomic mass is 35.5. The molecule has 2 heterocycles. The molecule has 1 aliphatic heterocycles. The molecule has 2 bridgehead atoms. The lowest BCUT2D eigenvalue weighted by Crippen LogP contribution is -2.41. The first-order chi connectivity index (χ1) is 14.1. The number of morpholine rings is 1. The zero-order valence-electron chi connectivity index (χ0n) is 16.1. The molecule has 152 valence electrons. The van der Waals surface area contributed by atoms with Gasteiger partial charge in [0.15, 0.2) is 0 Å². The van der Waals surface area contributed by atoms with Crippen molar-refractivity contribution in [3.63, 3.8) is 0 Å². The van der Waals surface area contributed by atoms with Crippen molar-refractivity contribution in [2.24, 2.45) is 0 Å². The third kappa shape index (κ3) is 3.38. The Hall–Kier alpha value is -2.18. The summed E-state index contributed by atoms with van der Waals surface area (Å²) in [4.78, 5) is 19.8. The van der Waals surface area contributed by atoms with Gasteiger partial charge in [-0.25, -0.2) is 9.37 Å². The zero-order valence-corrected chi connectivity index (χ0v) is 16.8. The van der Waals surface area contributed by atoms with E-state index in [9.17, 15) is 9.18 Å². The van der Waals surface area contributed by atoms with Crippen LogP contribution in [0.25, 0.3) is 0 Å². The molecule has 6 rings (SSSR count). The van der Waals surface area contributed by atoms with Gasteiger partial charge in [0.1, 0.15) is 11.6 Å². The van der Waals surface area contributed by atoms with Crippen molar-refractivity contribution in [2.75, 3.05) is 31.6 Å². The van der Waals surface area contributed by atoms with Gasteiger partial charge in [-0.15, -0.1) is 0 Å². The fourth-order valence-electron chi connectivity index (χ4n) is 4.98. The first-order valence-corrected chi connectivity index (χ1v) is 10.6. The maximum atomic E-state index is 13.5. The molecule has 7 heteroatoms. The number of ether oxygens (including phenoxy) is 1. The second kappa shape index (κ2) is 7.58. The van der Waals surface area contributed by atoms with Gasteiger partial charge in [0.2, 0.25) is 0 Å². The van der Waals surface area contributed by atoms with Gasteiger partial charge < -0.3 is 15.0 Å². The molecule has 5 nitrogen and oxygen atoms in total. The number of nitrogens with zero attached hydrogens (tertiary/aromatic N) is 2. The topological polar surface area (TPSA) is 54.5 Å². The van der Waals surface area contributed by atoms with Crippen molar-refractivity contribution >= 4 is 29.0 Å². The summed E-state index contributed by atoms with van der Waals surface area (Å²) in [6.45, 7) is 2.41. The van der Waals surface area contributed by atoms with Gasteiger partial charge in [0, 0.05) is 30.5 Å². The number of fused-ring (bicyclic) bond motifs is 2. The summed E-state index contributed by atoms with van der Waals surface area (Å²) in [6, 6.07) is 4.57. The second-order valence-corrected chi connectivity index (χ2v) is 8.46. The predicted octanol–water partition coefficient (Wildman–Crippen LogP) is 4.84. The average Bonchev–Trinajstić information content (AvgIpc) is 2.77. The van der Waals surface area contributed by atoms with Crippen LogP contribution in [-0.2, 0) is 4.74 Å². The van der Waals surface area contributed by atoms with Gasteiger partial charge in [-0.3, -0.25) is 4.79 Å². The fourth-order valence-corrected chi connectivity index (χ4v) is 5.16. The maximum Gasteiger partial charge on any atom is 0.255 e. The van der Waals surface area contributed by atoms with E-state index in [4.69, 9.17) is 16.3 Å². The largest absolute Gasteiger partial charge is 0.378 e. The lowest BCUT2D eigenvalue weighted by Gasteiger charge is -2.40. The molecule has 2 aromatic rings. The number of hydrogen-bond acceptors (Lipinski definition) is 4. The van der Waals surface area contributed by atoms with E-state index in [0.29, 0.717) is 43.8 Å². The molecule has 4 aliphatic rings. The summed E-state index contributed by atoms with van der Waals surface area (Å²) < 4.78 is 18.9. The van der Waals surface area contributed by atoms with Gasteiger partial charge in [-0.05, 0) is 61.3 Å². The van der Waals surface area contributed by atoms with E-state index in [0.717, 1.165) is 48.2 Å². The number of pyridine rings is 1. The molecule has 1 aromatic heterocycles. The Balaban J connectivity index is 1.55. The number of benzene rings is 1. The molecule has 1 amide bonds. The Labute approximate surface area is 174 Å². The zero-order chi connectivity index (χ0) is 20.0. The van der Waals surface area contributed by atoms with Crippen LogP contribution in [0.1, 0.15) is 59.0 Å². The van der Waals surface area contributed by atoms with Gasteiger partial charge in [-0.2, -0.15) is 0 Å². The third-order valence-corrected chi connectivity index (χ3v) is 6.70. The number of halogens is 2. The van der Waals surface area contributed by atoms with Crippen molar-refractivity contribution in [2.45, 2.75) is 37.5 Å². The molecule has 3 aliphatic carbocycles. The molecule has 0 unspecified atom stereocenters. The summed E-state index contributed by atoms with van der Waals surface area (Å²) in [5.41, 5.74) is 3.75. The number of carbonyl (C=O) groups is 1. The minimum Gasteiger partial charge on any atom is -0.378 e. The molecule has 2 fully saturated rings. The standard InChI is InChI=1S/C22H23ClFN3O2/c23-17-11-15(5-6-18(17)24)26-21-20-14-3-1-13(2-4-14)19(20)16(12-25-21)22(28)27-7-9-29-10-8-27/h5-6,11-14H,1-4,7-10H2,(H,25,26). The number of anilines is 2. The van der Waals surface area contributed by atoms with E-state index in [-0.39, 0.29) is 10.9 Å². The van der Waals surface area contributed by atoms with Crippen molar-refractivity contribution < 1.29 is 13.9 Å². The van der Waals surface area contributed by atoms with Gasteiger partial charge >= 0.3 is 0 Å². The quantitative estimate of drug-likeness (QED) is 0.778. The van der Waals surface area contributed by atoms with Gasteiger partial charge in [0.05, 0.1) is 23.8 Å². The molecule has 0 spiro atoms. The first-order valence-electron chi connectivity index (χ1n) is 10.2. The average molecular weight is 416 g/mol. The molecule has 29 heavy (non-hydrogen) atoms. The van der Waals surface area contributed by atoms with Crippen LogP contribution < -0.4 is 5.32 Å². The lowest BCUT2D eigenvalue weighted by molar-refractivity contribution is 0.0301. The van der Waals surface area contributed by atoms with Crippen LogP contribution in [0, 0.1) is 5.82 Å². The molecular weight excluding hydrogens is 393 g/mol. The van der Waals surface area contributed by atoms with E-state index in [2.05, 4.69) is 10.3 Å². The molecule has 1 saturated heterocycles. The second-order valence-electron chi connectivity index (χ2n) is 8.05.